The molecule has 1 saturated carbocycles. The van der Waals surface area contributed by atoms with Gasteiger partial charge in [-0.2, -0.15) is 0 Å². The number of pyridine rings is 1. The first kappa shape index (κ1) is 14.5. The summed E-state index contributed by atoms with van der Waals surface area (Å²) < 4.78 is 5.95. The Hall–Kier alpha value is -1.45. The smallest absolute Gasteiger partial charge is 0.0873 e. The molecule has 21 heavy (non-hydrogen) atoms. The van der Waals surface area contributed by atoms with Gasteiger partial charge in [0, 0.05) is 24.9 Å². The Kier molecular flexibility index (Phi) is 4.22. The van der Waals surface area contributed by atoms with Gasteiger partial charge in [-0.15, -0.1) is 0 Å². The summed E-state index contributed by atoms with van der Waals surface area (Å²) >= 11 is 0. The summed E-state index contributed by atoms with van der Waals surface area (Å²) in [7, 11) is 1.85. The lowest BCUT2D eigenvalue weighted by Gasteiger charge is -2.47. The molecule has 1 aromatic carbocycles. The third kappa shape index (κ3) is 2.56. The quantitative estimate of drug-likeness (QED) is 0.875. The van der Waals surface area contributed by atoms with Crippen molar-refractivity contribution in [1.29, 1.82) is 0 Å². The highest BCUT2D eigenvalue weighted by molar-refractivity contribution is 5.85. The van der Waals surface area contributed by atoms with E-state index in [4.69, 9.17) is 4.74 Å². The number of methoxy groups -OCH3 is 1. The van der Waals surface area contributed by atoms with Crippen molar-refractivity contribution >= 4 is 10.8 Å². The van der Waals surface area contributed by atoms with Crippen molar-refractivity contribution in [1.82, 2.24) is 10.3 Å². The number of nitrogens with zero attached hydrogens (tertiary/aromatic N) is 1. The van der Waals surface area contributed by atoms with Crippen molar-refractivity contribution in [2.75, 3.05) is 13.7 Å². The maximum Gasteiger partial charge on any atom is 0.0873 e. The fraction of sp³-hybridized carbons (Fsp3) is 0.500. The van der Waals surface area contributed by atoms with Gasteiger partial charge < -0.3 is 10.1 Å². The summed E-state index contributed by atoms with van der Waals surface area (Å²) in [4.78, 5) is 4.45. The first-order chi connectivity index (χ1) is 10.3. The van der Waals surface area contributed by atoms with Crippen LogP contribution in [-0.4, -0.2) is 24.2 Å². The van der Waals surface area contributed by atoms with Crippen molar-refractivity contribution in [3.63, 3.8) is 0 Å². The molecule has 112 valence electrons. The summed E-state index contributed by atoms with van der Waals surface area (Å²) in [6.45, 7) is 3.20. The van der Waals surface area contributed by atoms with Crippen molar-refractivity contribution in [2.24, 2.45) is 0 Å². The van der Waals surface area contributed by atoms with Gasteiger partial charge in [-0.1, -0.05) is 31.2 Å². The molecule has 0 amide bonds. The highest BCUT2D eigenvalue weighted by Crippen LogP contribution is 2.46. The minimum Gasteiger partial charge on any atom is -0.376 e. The Bertz CT molecular complexity index is 596. The van der Waals surface area contributed by atoms with Gasteiger partial charge in [-0.25, -0.2) is 0 Å². The normalized spacial score (nSPS) is 18.4. The van der Waals surface area contributed by atoms with Gasteiger partial charge in [-0.3, -0.25) is 4.98 Å². The number of benzene rings is 1. The molecule has 1 unspecified atom stereocenters. The third-order valence-corrected chi connectivity index (χ3v) is 4.74. The molecule has 0 aliphatic heterocycles. The summed E-state index contributed by atoms with van der Waals surface area (Å²) in [5, 5.41) is 6.19. The van der Waals surface area contributed by atoms with Crippen LogP contribution in [0.15, 0.2) is 36.7 Å². The zero-order valence-corrected chi connectivity index (χ0v) is 12.9. The average molecular weight is 284 g/mol. The van der Waals surface area contributed by atoms with E-state index < -0.39 is 0 Å². The lowest BCUT2D eigenvalue weighted by molar-refractivity contribution is -0.0994. The van der Waals surface area contributed by atoms with E-state index in [1.807, 2.05) is 19.5 Å². The highest BCUT2D eigenvalue weighted by atomic mass is 16.5. The topological polar surface area (TPSA) is 34.2 Å². The number of ether oxygens (including phenoxy) is 1. The molecule has 3 rings (SSSR count). The molecule has 1 heterocycles. The summed E-state index contributed by atoms with van der Waals surface area (Å²) in [5.41, 5.74) is 1.20. The zero-order chi connectivity index (χ0) is 14.7. The van der Waals surface area contributed by atoms with Crippen LogP contribution in [0.5, 0.6) is 0 Å². The van der Waals surface area contributed by atoms with Crippen molar-refractivity contribution in [2.45, 2.75) is 44.2 Å². The number of fused-ring (bicyclic) bond motifs is 1. The molecule has 0 spiro atoms. The number of aromatic nitrogens is 1. The van der Waals surface area contributed by atoms with Crippen LogP contribution in [0.4, 0.5) is 0 Å². The molecule has 1 aromatic heterocycles. The molecule has 1 N–H and O–H groups in total. The molecule has 2 aromatic rings. The van der Waals surface area contributed by atoms with E-state index in [9.17, 15) is 0 Å². The minimum absolute atomic E-state index is 0.0685. The first-order valence-corrected chi connectivity index (χ1v) is 7.92. The van der Waals surface area contributed by atoms with Gasteiger partial charge in [0.2, 0.25) is 0 Å². The third-order valence-electron chi connectivity index (χ3n) is 4.74. The van der Waals surface area contributed by atoms with Gasteiger partial charge >= 0.3 is 0 Å². The van der Waals surface area contributed by atoms with E-state index >= 15 is 0 Å². The van der Waals surface area contributed by atoms with Crippen LogP contribution >= 0.6 is 0 Å². The predicted molar refractivity (Wildman–Crippen MR) is 86.4 cm³/mol. The second-order valence-corrected chi connectivity index (χ2v) is 5.96. The largest absolute Gasteiger partial charge is 0.376 e. The Morgan fingerprint density at radius 2 is 2.10 bits per heavy atom. The SMILES string of the molecule is CCCNC(c1cncc2ccccc12)C1(OC)CCC1. The summed E-state index contributed by atoms with van der Waals surface area (Å²) in [6, 6.07) is 8.70. The Labute approximate surface area is 126 Å². The number of hydrogen-bond donors (Lipinski definition) is 1. The lowest BCUT2D eigenvalue weighted by Crippen LogP contribution is -2.50. The van der Waals surface area contributed by atoms with E-state index in [-0.39, 0.29) is 11.6 Å². The van der Waals surface area contributed by atoms with E-state index in [2.05, 4.69) is 41.5 Å². The first-order valence-electron chi connectivity index (χ1n) is 7.92. The molecule has 1 aliphatic carbocycles. The maximum atomic E-state index is 5.95. The van der Waals surface area contributed by atoms with E-state index in [0.717, 1.165) is 25.8 Å². The van der Waals surface area contributed by atoms with Gasteiger partial charge in [0.05, 0.1) is 11.6 Å². The fourth-order valence-electron chi connectivity index (χ4n) is 3.37. The molecule has 0 radical (unpaired) electrons. The molecular weight excluding hydrogens is 260 g/mol. The zero-order valence-electron chi connectivity index (χ0n) is 12.9. The van der Waals surface area contributed by atoms with Gasteiger partial charge in [0.25, 0.3) is 0 Å². The predicted octanol–water partition coefficient (Wildman–Crippen LogP) is 3.84. The molecule has 1 aliphatic rings. The van der Waals surface area contributed by atoms with Gasteiger partial charge in [0.15, 0.2) is 0 Å². The summed E-state index contributed by atoms with van der Waals surface area (Å²) in [5.74, 6) is 0. The van der Waals surface area contributed by atoms with Crippen LogP contribution in [-0.2, 0) is 4.74 Å². The van der Waals surface area contributed by atoms with Crippen LogP contribution in [0.3, 0.4) is 0 Å². The Morgan fingerprint density at radius 3 is 2.76 bits per heavy atom. The fourth-order valence-corrected chi connectivity index (χ4v) is 3.37. The summed E-state index contributed by atoms with van der Waals surface area (Å²) in [6.07, 6.45) is 8.55. The van der Waals surface area contributed by atoms with Gasteiger partial charge in [-0.05, 0) is 43.2 Å². The second kappa shape index (κ2) is 6.12. The molecule has 1 fully saturated rings. The van der Waals surface area contributed by atoms with Crippen LogP contribution in [0.25, 0.3) is 10.8 Å². The van der Waals surface area contributed by atoms with Crippen molar-refractivity contribution in [3.05, 3.63) is 42.2 Å². The van der Waals surface area contributed by atoms with Crippen LogP contribution in [0.1, 0.15) is 44.2 Å². The van der Waals surface area contributed by atoms with Crippen LogP contribution in [0.2, 0.25) is 0 Å². The molecule has 1 atom stereocenters. The molecule has 0 bridgehead atoms. The van der Waals surface area contributed by atoms with E-state index in [1.165, 1.54) is 22.8 Å². The minimum atomic E-state index is -0.0685. The highest BCUT2D eigenvalue weighted by Gasteiger charge is 2.45. The lowest BCUT2D eigenvalue weighted by atomic mass is 9.71. The monoisotopic (exact) mass is 284 g/mol. The number of rotatable bonds is 6. The van der Waals surface area contributed by atoms with E-state index in [0.29, 0.717) is 0 Å². The standard InChI is InChI=1S/C18H24N2O/c1-3-11-20-17(18(21-2)9-6-10-18)16-13-19-12-14-7-4-5-8-15(14)16/h4-5,7-8,12-13,17,20H,3,6,9-11H2,1-2H3. The van der Waals surface area contributed by atoms with Crippen LogP contribution < -0.4 is 5.32 Å². The molecule has 3 nitrogen and oxygen atoms in total. The number of nitrogens with one attached hydrogen (secondary N) is 1. The second-order valence-electron chi connectivity index (χ2n) is 5.96. The number of hydrogen-bond acceptors (Lipinski definition) is 3. The van der Waals surface area contributed by atoms with Crippen molar-refractivity contribution in [3.8, 4) is 0 Å². The Morgan fingerprint density at radius 1 is 1.29 bits per heavy atom. The Balaban J connectivity index is 2.05. The molecule has 0 saturated heterocycles. The van der Waals surface area contributed by atoms with Gasteiger partial charge in [0.1, 0.15) is 0 Å². The molecular formula is C18H24N2O. The van der Waals surface area contributed by atoms with E-state index in [1.54, 1.807) is 0 Å². The van der Waals surface area contributed by atoms with Crippen LogP contribution in [0, 0.1) is 0 Å². The maximum absolute atomic E-state index is 5.95. The average Bonchev–Trinajstić information content (AvgIpc) is 2.49. The molecule has 3 heteroatoms. The van der Waals surface area contributed by atoms with Crippen molar-refractivity contribution < 1.29 is 4.74 Å².